The Bertz CT molecular complexity index is 807. The van der Waals surface area contributed by atoms with Gasteiger partial charge in [0.05, 0.1) is 19.2 Å². The van der Waals surface area contributed by atoms with Gasteiger partial charge in [0.15, 0.2) is 0 Å². The molecule has 0 aromatic heterocycles. The molecule has 0 aliphatic heterocycles. The van der Waals surface area contributed by atoms with E-state index in [1.807, 2.05) is 30.3 Å². The van der Waals surface area contributed by atoms with E-state index in [0.29, 0.717) is 11.3 Å². The van der Waals surface area contributed by atoms with Gasteiger partial charge in [0.2, 0.25) is 0 Å². The molecule has 0 saturated heterocycles. The third-order valence-electron chi connectivity index (χ3n) is 3.23. The monoisotopic (exact) mass is 338 g/mol. The van der Waals surface area contributed by atoms with Crippen LogP contribution in [0.1, 0.15) is 21.5 Å². The second kappa shape index (κ2) is 8.99. The number of methoxy groups -OCH3 is 1. The summed E-state index contributed by atoms with van der Waals surface area (Å²) in [5.41, 5.74) is 7.79. The maximum absolute atomic E-state index is 11.6. The van der Waals surface area contributed by atoms with Crippen molar-refractivity contribution in [2.75, 3.05) is 19.4 Å². The molecule has 0 atom stereocenters. The van der Waals surface area contributed by atoms with Crippen molar-refractivity contribution in [3.8, 4) is 11.8 Å². The van der Waals surface area contributed by atoms with Crippen LogP contribution in [0, 0.1) is 11.8 Å². The Morgan fingerprint density at radius 2 is 1.92 bits per heavy atom. The smallest absolute Gasteiger partial charge is 0.408 e. The average Bonchev–Trinajstić information content (AvgIpc) is 2.65. The number of nitrogens with one attached hydrogen (secondary N) is 1. The lowest BCUT2D eigenvalue weighted by Crippen LogP contribution is -2.24. The molecular formula is C19H18N2O4. The molecule has 0 saturated carbocycles. The number of benzene rings is 2. The molecule has 0 fully saturated rings. The van der Waals surface area contributed by atoms with Crippen molar-refractivity contribution >= 4 is 17.7 Å². The molecular weight excluding hydrogens is 320 g/mol. The number of nitrogen functional groups attached to an aromatic ring is 1. The molecule has 25 heavy (non-hydrogen) atoms. The fraction of sp³-hybridized carbons (Fsp3) is 0.158. The second-order valence-electron chi connectivity index (χ2n) is 5.01. The van der Waals surface area contributed by atoms with Gasteiger partial charge in [-0.25, -0.2) is 9.59 Å². The summed E-state index contributed by atoms with van der Waals surface area (Å²) in [5, 5.41) is 2.53. The van der Waals surface area contributed by atoms with Crippen LogP contribution in [0.25, 0.3) is 0 Å². The minimum Gasteiger partial charge on any atom is -0.465 e. The number of anilines is 1. The summed E-state index contributed by atoms with van der Waals surface area (Å²) in [6, 6.07) is 14.2. The minimum atomic E-state index is -0.550. The molecule has 2 aromatic carbocycles. The first-order valence-electron chi connectivity index (χ1n) is 7.51. The number of esters is 1. The van der Waals surface area contributed by atoms with Crippen LogP contribution in [0.2, 0.25) is 0 Å². The van der Waals surface area contributed by atoms with E-state index < -0.39 is 12.1 Å². The zero-order valence-corrected chi connectivity index (χ0v) is 13.7. The Hall–Kier alpha value is -3.46. The molecule has 1 amide bonds. The molecule has 128 valence electrons. The largest absolute Gasteiger partial charge is 0.465 e. The van der Waals surface area contributed by atoms with Crippen LogP contribution in [-0.4, -0.2) is 25.7 Å². The number of amides is 1. The number of hydrogen-bond donors (Lipinski definition) is 2. The molecule has 0 aliphatic carbocycles. The summed E-state index contributed by atoms with van der Waals surface area (Å²) in [6.07, 6.45) is -0.550. The summed E-state index contributed by atoms with van der Waals surface area (Å²) in [4.78, 5) is 23.1. The Morgan fingerprint density at radius 1 is 1.16 bits per heavy atom. The number of carbonyl (C=O) groups is 2. The Morgan fingerprint density at radius 3 is 2.64 bits per heavy atom. The van der Waals surface area contributed by atoms with Crippen LogP contribution in [0.3, 0.4) is 0 Å². The zero-order chi connectivity index (χ0) is 18.1. The Balaban J connectivity index is 1.84. The van der Waals surface area contributed by atoms with Gasteiger partial charge >= 0.3 is 12.1 Å². The predicted molar refractivity (Wildman–Crippen MR) is 93.7 cm³/mol. The van der Waals surface area contributed by atoms with Crippen LogP contribution in [0.15, 0.2) is 48.5 Å². The second-order valence-corrected chi connectivity index (χ2v) is 5.01. The lowest BCUT2D eigenvalue weighted by Gasteiger charge is -2.04. The van der Waals surface area contributed by atoms with Crippen molar-refractivity contribution in [3.63, 3.8) is 0 Å². The van der Waals surface area contributed by atoms with Crippen LogP contribution < -0.4 is 11.1 Å². The fourth-order valence-corrected chi connectivity index (χ4v) is 1.96. The normalized spacial score (nSPS) is 9.48. The van der Waals surface area contributed by atoms with Crippen LogP contribution in [-0.2, 0) is 16.1 Å². The number of alkyl carbamates (subject to hydrolysis) is 1. The maximum atomic E-state index is 11.6. The lowest BCUT2D eigenvalue weighted by atomic mass is 10.1. The third-order valence-corrected chi connectivity index (χ3v) is 3.23. The van der Waals surface area contributed by atoms with Gasteiger partial charge in [0.25, 0.3) is 0 Å². The van der Waals surface area contributed by atoms with Gasteiger partial charge in [-0.05, 0) is 23.8 Å². The molecule has 2 rings (SSSR count). The molecule has 2 aromatic rings. The molecule has 0 spiro atoms. The highest BCUT2D eigenvalue weighted by molar-refractivity contribution is 5.95. The fourth-order valence-electron chi connectivity index (χ4n) is 1.96. The molecule has 0 aliphatic rings. The highest BCUT2D eigenvalue weighted by Gasteiger charge is 2.09. The van der Waals surface area contributed by atoms with Gasteiger partial charge in [-0.3, -0.25) is 0 Å². The van der Waals surface area contributed by atoms with E-state index in [2.05, 4.69) is 21.9 Å². The van der Waals surface area contributed by atoms with Crippen molar-refractivity contribution in [2.45, 2.75) is 6.61 Å². The van der Waals surface area contributed by atoms with Crippen molar-refractivity contribution in [1.29, 1.82) is 0 Å². The van der Waals surface area contributed by atoms with E-state index >= 15 is 0 Å². The molecule has 6 heteroatoms. The Kier molecular flexibility index (Phi) is 6.43. The number of carbonyl (C=O) groups excluding carboxylic acids is 2. The van der Waals surface area contributed by atoms with E-state index in [-0.39, 0.29) is 18.7 Å². The van der Waals surface area contributed by atoms with Gasteiger partial charge in [0, 0.05) is 11.3 Å². The van der Waals surface area contributed by atoms with E-state index in [1.165, 1.54) is 7.11 Å². The number of hydrogen-bond acceptors (Lipinski definition) is 5. The topological polar surface area (TPSA) is 90.6 Å². The van der Waals surface area contributed by atoms with Gasteiger partial charge in [0.1, 0.15) is 6.61 Å². The van der Waals surface area contributed by atoms with Crippen LogP contribution >= 0.6 is 0 Å². The number of nitrogens with two attached hydrogens (primary N) is 1. The van der Waals surface area contributed by atoms with E-state index in [0.717, 1.165) is 5.56 Å². The van der Waals surface area contributed by atoms with Crippen molar-refractivity contribution < 1.29 is 19.1 Å². The Labute approximate surface area is 145 Å². The standard InChI is InChI=1S/C19H18N2O4/c1-24-18(22)16-12-14(9-10-17(16)20)8-5-11-21-19(23)25-13-15-6-3-2-4-7-15/h2-4,6-7,9-10,12H,11,13,20H2,1H3,(H,21,23). The first kappa shape index (κ1) is 17.9. The number of rotatable bonds is 4. The van der Waals surface area contributed by atoms with Crippen molar-refractivity contribution in [3.05, 3.63) is 65.2 Å². The van der Waals surface area contributed by atoms with Crippen molar-refractivity contribution in [1.82, 2.24) is 5.32 Å². The quantitative estimate of drug-likeness (QED) is 0.507. The highest BCUT2D eigenvalue weighted by Crippen LogP contribution is 2.14. The zero-order valence-electron chi connectivity index (χ0n) is 13.7. The van der Waals surface area contributed by atoms with Gasteiger partial charge in [-0.15, -0.1) is 0 Å². The van der Waals surface area contributed by atoms with Gasteiger partial charge in [-0.1, -0.05) is 42.2 Å². The SMILES string of the molecule is COC(=O)c1cc(C#CCNC(=O)OCc2ccccc2)ccc1N. The highest BCUT2D eigenvalue weighted by atomic mass is 16.5. The molecule has 0 bridgehead atoms. The minimum absolute atomic E-state index is 0.117. The summed E-state index contributed by atoms with van der Waals surface area (Å²) < 4.78 is 9.72. The van der Waals surface area contributed by atoms with E-state index in [1.54, 1.807) is 18.2 Å². The molecule has 6 nitrogen and oxygen atoms in total. The summed E-state index contributed by atoms with van der Waals surface area (Å²) in [5.74, 6) is 5.09. The molecule has 3 N–H and O–H groups in total. The average molecular weight is 338 g/mol. The van der Waals surface area contributed by atoms with E-state index in [9.17, 15) is 9.59 Å². The summed E-state index contributed by atoms with van der Waals surface area (Å²) in [6.45, 7) is 0.312. The molecule has 0 heterocycles. The summed E-state index contributed by atoms with van der Waals surface area (Å²) in [7, 11) is 1.28. The first-order chi connectivity index (χ1) is 12.1. The molecule has 0 unspecified atom stereocenters. The van der Waals surface area contributed by atoms with Crippen molar-refractivity contribution in [2.24, 2.45) is 0 Å². The van der Waals surface area contributed by atoms with E-state index in [4.69, 9.17) is 10.5 Å². The summed E-state index contributed by atoms with van der Waals surface area (Å²) >= 11 is 0. The number of ether oxygens (including phenoxy) is 2. The lowest BCUT2D eigenvalue weighted by molar-refractivity contribution is 0.0602. The van der Waals surface area contributed by atoms with Crippen LogP contribution in [0.4, 0.5) is 10.5 Å². The third kappa shape index (κ3) is 5.59. The predicted octanol–water partition coefficient (Wildman–Crippen LogP) is 2.33. The van der Waals surface area contributed by atoms with Gasteiger partial charge in [-0.2, -0.15) is 0 Å². The maximum Gasteiger partial charge on any atom is 0.408 e. The van der Waals surface area contributed by atoms with Gasteiger partial charge < -0.3 is 20.5 Å². The van der Waals surface area contributed by atoms with Crippen LogP contribution in [0.5, 0.6) is 0 Å². The molecule has 0 radical (unpaired) electrons. The first-order valence-corrected chi connectivity index (χ1v) is 7.51.